The highest BCUT2D eigenvalue weighted by Gasteiger charge is 2.39. The van der Waals surface area contributed by atoms with Gasteiger partial charge in [0.2, 0.25) is 0 Å². The van der Waals surface area contributed by atoms with Crippen molar-refractivity contribution >= 4 is 5.82 Å². The van der Waals surface area contributed by atoms with E-state index in [0.717, 1.165) is 42.6 Å². The standard InChI is InChI=1S/C20H25N5/c1-13-11-15(12-25(13)16-5-6-16)22-20-17-3-2-4-18(17)23-19(24-20)14-7-9-21-10-8-14/h7-10,13,15-16H,2-6,11-12H2,1H3,(H,22,23,24). The van der Waals surface area contributed by atoms with Gasteiger partial charge in [-0.25, -0.2) is 9.97 Å². The molecule has 2 aliphatic carbocycles. The van der Waals surface area contributed by atoms with Crippen LogP contribution in [0.5, 0.6) is 0 Å². The fraction of sp³-hybridized carbons (Fsp3) is 0.550. The number of likely N-dealkylation sites (tertiary alicyclic amines) is 1. The minimum Gasteiger partial charge on any atom is -0.366 e. The molecule has 0 amide bonds. The van der Waals surface area contributed by atoms with Gasteiger partial charge in [0.1, 0.15) is 5.82 Å². The highest BCUT2D eigenvalue weighted by Crippen LogP contribution is 2.35. The molecule has 0 bridgehead atoms. The Morgan fingerprint density at radius 3 is 2.76 bits per heavy atom. The first-order valence-corrected chi connectivity index (χ1v) is 9.60. The van der Waals surface area contributed by atoms with Crippen molar-refractivity contribution in [1.29, 1.82) is 0 Å². The molecule has 1 saturated heterocycles. The monoisotopic (exact) mass is 335 g/mol. The first kappa shape index (κ1) is 15.3. The quantitative estimate of drug-likeness (QED) is 0.931. The molecule has 2 fully saturated rings. The summed E-state index contributed by atoms with van der Waals surface area (Å²) < 4.78 is 0. The Morgan fingerprint density at radius 2 is 1.96 bits per heavy atom. The second-order valence-corrected chi connectivity index (χ2v) is 7.76. The molecule has 0 spiro atoms. The molecule has 5 heteroatoms. The zero-order valence-corrected chi connectivity index (χ0v) is 14.8. The maximum Gasteiger partial charge on any atom is 0.161 e. The van der Waals surface area contributed by atoms with Gasteiger partial charge in [-0.05, 0) is 57.6 Å². The van der Waals surface area contributed by atoms with Gasteiger partial charge in [0, 0.05) is 53.9 Å². The van der Waals surface area contributed by atoms with E-state index < -0.39 is 0 Å². The summed E-state index contributed by atoms with van der Waals surface area (Å²) in [7, 11) is 0. The van der Waals surface area contributed by atoms with Crippen LogP contribution in [0.1, 0.15) is 43.9 Å². The molecule has 1 N–H and O–H groups in total. The number of aromatic nitrogens is 3. The lowest BCUT2D eigenvalue weighted by molar-refractivity contribution is 0.257. The summed E-state index contributed by atoms with van der Waals surface area (Å²) in [5.74, 6) is 1.90. The molecule has 130 valence electrons. The minimum atomic E-state index is 0.500. The highest BCUT2D eigenvalue weighted by atomic mass is 15.3. The number of fused-ring (bicyclic) bond motifs is 1. The Morgan fingerprint density at radius 1 is 1.12 bits per heavy atom. The third-order valence-corrected chi connectivity index (χ3v) is 5.85. The largest absolute Gasteiger partial charge is 0.366 e. The second-order valence-electron chi connectivity index (χ2n) is 7.76. The molecule has 3 heterocycles. The van der Waals surface area contributed by atoms with Crippen LogP contribution < -0.4 is 5.32 Å². The lowest BCUT2D eigenvalue weighted by atomic mass is 10.1. The van der Waals surface area contributed by atoms with Crippen molar-refractivity contribution in [1.82, 2.24) is 19.9 Å². The summed E-state index contributed by atoms with van der Waals surface area (Å²) in [5, 5.41) is 3.79. The van der Waals surface area contributed by atoms with Crippen LogP contribution in [0.15, 0.2) is 24.5 Å². The van der Waals surface area contributed by atoms with Gasteiger partial charge >= 0.3 is 0 Å². The topological polar surface area (TPSA) is 53.9 Å². The number of anilines is 1. The zero-order chi connectivity index (χ0) is 16.8. The fourth-order valence-electron chi connectivity index (χ4n) is 4.45. The van der Waals surface area contributed by atoms with Crippen molar-refractivity contribution in [3.8, 4) is 11.4 Å². The Bertz CT molecular complexity index is 771. The number of hydrogen-bond acceptors (Lipinski definition) is 5. The smallest absolute Gasteiger partial charge is 0.161 e. The van der Waals surface area contributed by atoms with E-state index in [0.29, 0.717) is 12.1 Å². The first-order chi connectivity index (χ1) is 12.3. The summed E-state index contributed by atoms with van der Waals surface area (Å²) >= 11 is 0. The van der Waals surface area contributed by atoms with Crippen molar-refractivity contribution in [2.24, 2.45) is 0 Å². The normalized spacial score (nSPS) is 26.0. The molecular weight excluding hydrogens is 310 g/mol. The Kier molecular flexibility index (Phi) is 3.70. The van der Waals surface area contributed by atoms with E-state index in [9.17, 15) is 0 Å². The Balaban J connectivity index is 1.43. The van der Waals surface area contributed by atoms with Crippen LogP contribution in [0.25, 0.3) is 11.4 Å². The summed E-state index contributed by atoms with van der Waals surface area (Å²) in [5.41, 5.74) is 3.62. The SMILES string of the molecule is CC1CC(Nc2nc(-c3ccncc3)nc3c2CCC3)CN1C1CC1. The lowest BCUT2D eigenvalue weighted by Crippen LogP contribution is -2.31. The van der Waals surface area contributed by atoms with Crippen molar-refractivity contribution in [3.05, 3.63) is 35.8 Å². The fourth-order valence-corrected chi connectivity index (χ4v) is 4.45. The third-order valence-electron chi connectivity index (χ3n) is 5.85. The molecule has 1 aliphatic heterocycles. The molecule has 25 heavy (non-hydrogen) atoms. The molecule has 0 radical (unpaired) electrons. The van der Waals surface area contributed by atoms with Gasteiger partial charge in [0.25, 0.3) is 0 Å². The van der Waals surface area contributed by atoms with Gasteiger partial charge in [-0.3, -0.25) is 9.88 Å². The van der Waals surface area contributed by atoms with E-state index >= 15 is 0 Å². The van der Waals surface area contributed by atoms with E-state index in [2.05, 4.69) is 22.1 Å². The molecular formula is C20H25N5. The van der Waals surface area contributed by atoms with Crippen LogP contribution in [0.2, 0.25) is 0 Å². The van der Waals surface area contributed by atoms with Gasteiger partial charge in [-0.2, -0.15) is 0 Å². The van der Waals surface area contributed by atoms with Gasteiger partial charge in [0.15, 0.2) is 5.82 Å². The van der Waals surface area contributed by atoms with Gasteiger partial charge in [-0.15, -0.1) is 0 Å². The molecule has 2 atom stereocenters. The van der Waals surface area contributed by atoms with Crippen LogP contribution in [-0.2, 0) is 12.8 Å². The molecule has 3 aliphatic rings. The Hall–Kier alpha value is -2.01. The number of nitrogens with one attached hydrogen (secondary N) is 1. The van der Waals surface area contributed by atoms with E-state index in [4.69, 9.17) is 9.97 Å². The first-order valence-electron chi connectivity index (χ1n) is 9.60. The van der Waals surface area contributed by atoms with Gasteiger partial charge in [-0.1, -0.05) is 0 Å². The molecule has 0 aromatic carbocycles. The predicted octanol–water partition coefficient (Wildman–Crippen LogP) is 3.06. The molecule has 1 saturated carbocycles. The van der Waals surface area contributed by atoms with Crippen LogP contribution in [0, 0.1) is 0 Å². The lowest BCUT2D eigenvalue weighted by Gasteiger charge is -2.20. The van der Waals surface area contributed by atoms with Crippen LogP contribution in [-0.4, -0.2) is 44.5 Å². The van der Waals surface area contributed by atoms with E-state index in [1.807, 2.05) is 24.5 Å². The molecule has 5 nitrogen and oxygen atoms in total. The summed E-state index contributed by atoms with van der Waals surface area (Å²) in [4.78, 5) is 16.6. The third kappa shape index (κ3) is 2.91. The highest BCUT2D eigenvalue weighted by molar-refractivity contribution is 5.60. The average molecular weight is 335 g/mol. The van der Waals surface area contributed by atoms with Crippen molar-refractivity contribution in [2.75, 3.05) is 11.9 Å². The maximum atomic E-state index is 4.92. The van der Waals surface area contributed by atoms with Crippen LogP contribution in [0.4, 0.5) is 5.82 Å². The molecule has 2 unspecified atom stereocenters. The maximum absolute atomic E-state index is 4.92. The molecule has 5 rings (SSSR count). The summed E-state index contributed by atoms with van der Waals surface area (Å²) in [6.45, 7) is 3.52. The summed E-state index contributed by atoms with van der Waals surface area (Å²) in [6.07, 6.45) is 10.9. The Labute approximate surface area is 148 Å². The van der Waals surface area contributed by atoms with Crippen LogP contribution >= 0.6 is 0 Å². The van der Waals surface area contributed by atoms with E-state index in [1.54, 1.807) is 0 Å². The number of rotatable bonds is 4. The van der Waals surface area contributed by atoms with Gasteiger partial charge < -0.3 is 5.32 Å². The van der Waals surface area contributed by atoms with E-state index in [-0.39, 0.29) is 0 Å². The zero-order valence-electron chi connectivity index (χ0n) is 14.8. The number of aryl methyl sites for hydroxylation is 1. The van der Waals surface area contributed by atoms with Crippen molar-refractivity contribution < 1.29 is 0 Å². The minimum absolute atomic E-state index is 0.500. The predicted molar refractivity (Wildman–Crippen MR) is 98.5 cm³/mol. The number of pyridine rings is 1. The number of nitrogens with zero attached hydrogens (tertiary/aromatic N) is 4. The summed E-state index contributed by atoms with van der Waals surface area (Å²) in [6, 6.07) is 6.00. The van der Waals surface area contributed by atoms with Crippen molar-refractivity contribution in [3.63, 3.8) is 0 Å². The van der Waals surface area contributed by atoms with Crippen molar-refractivity contribution in [2.45, 2.75) is 63.6 Å². The van der Waals surface area contributed by atoms with Crippen LogP contribution in [0.3, 0.4) is 0 Å². The second kappa shape index (κ2) is 6.06. The molecule has 2 aromatic rings. The number of hydrogen-bond donors (Lipinski definition) is 1. The van der Waals surface area contributed by atoms with E-state index in [1.165, 1.54) is 36.9 Å². The van der Waals surface area contributed by atoms with Gasteiger partial charge in [0.05, 0.1) is 0 Å². The average Bonchev–Trinajstić information content (AvgIpc) is 3.24. The molecule has 2 aromatic heterocycles.